The molecule has 0 aliphatic rings. The third kappa shape index (κ3) is 2.34. The molecule has 4 nitrogen and oxygen atoms in total. The molecule has 1 unspecified atom stereocenters. The van der Waals surface area contributed by atoms with Crippen molar-refractivity contribution in [3.05, 3.63) is 53.7 Å². The largest absolute Gasteiger partial charge is 0.465 e. The van der Waals surface area contributed by atoms with Gasteiger partial charge in [0.25, 0.3) is 0 Å². The third-order valence-corrected chi connectivity index (χ3v) is 3.63. The van der Waals surface area contributed by atoms with Crippen LogP contribution in [-0.4, -0.2) is 9.55 Å². The zero-order chi connectivity index (χ0) is 14.1. The second kappa shape index (κ2) is 5.13. The lowest BCUT2D eigenvalue weighted by Gasteiger charge is -2.11. The molecule has 2 heterocycles. The number of rotatable bonds is 4. The first-order valence-corrected chi connectivity index (χ1v) is 6.85. The van der Waals surface area contributed by atoms with Gasteiger partial charge in [-0.15, -0.1) is 0 Å². The van der Waals surface area contributed by atoms with Crippen molar-refractivity contribution in [1.29, 1.82) is 0 Å². The van der Waals surface area contributed by atoms with Gasteiger partial charge in [-0.1, -0.05) is 12.1 Å². The van der Waals surface area contributed by atoms with E-state index in [2.05, 4.69) is 27.9 Å². The van der Waals surface area contributed by atoms with Crippen molar-refractivity contribution in [2.75, 3.05) is 0 Å². The molecule has 0 aliphatic heterocycles. The Balaban J connectivity index is 1.75. The number of imidazole rings is 1. The summed E-state index contributed by atoms with van der Waals surface area (Å²) < 4.78 is 7.76. The lowest BCUT2D eigenvalue weighted by atomic mass is 10.2. The molecule has 0 saturated heterocycles. The normalized spacial score (nSPS) is 12.9. The molecule has 3 aromatic rings. The van der Waals surface area contributed by atoms with Crippen molar-refractivity contribution in [1.82, 2.24) is 14.9 Å². The number of aryl methyl sites for hydroxylation is 2. The molecule has 0 bridgehead atoms. The highest BCUT2D eigenvalue weighted by molar-refractivity contribution is 5.75. The summed E-state index contributed by atoms with van der Waals surface area (Å²) in [7, 11) is 2.05. The Morgan fingerprint density at radius 3 is 2.75 bits per heavy atom. The first-order chi connectivity index (χ1) is 9.65. The molecule has 0 fully saturated rings. The van der Waals surface area contributed by atoms with E-state index in [1.165, 1.54) is 0 Å². The summed E-state index contributed by atoms with van der Waals surface area (Å²) in [5.74, 6) is 2.93. The van der Waals surface area contributed by atoms with Gasteiger partial charge in [0.15, 0.2) is 0 Å². The van der Waals surface area contributed by atoms with Crippen LogP contribution in [0.4, 0.5) is 0 Å². The van der Waals surface area contributed by atoms with E-state index in [4.69, 9.17) is 4.42 Å². The zero-order valence-electron chi connectivity index (χ0n) is 12.1. The maximum atomic E-state index is 5.63. The molecule has 0 spiro atoms. The molecule has 0 radical (unpaired) electrons. The maximum absolute atomic E-state index is 5.63. The molecular formula is C16H19N3O. The Bertz CT molecular complexity index is 726. The van der Waals surface area contributed by atoms with Crippen molar-refractivity contribution in [2.45, 2.75) is 26.4 Å². The molecule has 3 rings (SSSR count). The van der Waals surface area contributed by atoms with Gasteiger partial charge in [0.2, 0.25) is 0 Å². The Morgan fingerprint density at radius 2 is 2.05 bits per heavy atom. The number of para-hydroxylation sites is 2. The van der Waals surface area contributed by atoms with Gasteiger partial charge in [0.1, 0.15) is 17.3 Å². The predicted octanol–water partition coefficient (Wildman–Crippen LogP) is 3.33. The number of fused-ring (bicyclic) bond motifs is 1. The Morgan fingerprint density at radius 1 is 1.25 bits per heavy atom. The summed E-state index contributed by atoms with van der Waals surface area (Å²) >= 11 is 0. The Kier molecular flexibility index (Phi) is 3.32. The lowest BCUT2D eigenvalue weighted by Crippen LogP contribution is -2.19. The minimum atomic E-state index is 0.170. The van der Waals surface area contributed by atoms with Crippen LogP contribution in [-0.2, 0) is 13.6 Å². The number of furan rings is 1. The van der Waals surface area contributed by atoms with Gasteiger partial charge in [0, 0.05) is 7.05 Å². The van der Waals surface area contributed by atoms with E-state index in [0.717, 1.165) is 28.4 Å². The van der Waals surface area contributed by atoms with Gasteiger partial charge in [-0.25, -0.2) is 4.98 Å². The summed E-state index contributed by atoms with van der Waals surface area (Å²) in [6.45, 7) is 4.77. The maximum Gasteiger partial charge on any atom is 0.123 e. The number of hydrogen-bond acceptors (Lipinski definition) is 3. The Hall–Kier alpha value is -2.07. The van der Waals surface area contributed by atoms with Crippen LogP contribution in [0.15, 0.2) is 40.8 Å². The molecule has 104 valence electrons. The summed E-state index contributed by atoms with van der Waals surface area (Å²) in [5.41, 5.74) is 2.19. The molecule has 1 aromatic carbocycles. The highest BCUT2D eigenvalue weighted by Crippen LogP contribution is 2.17. The number of nitrogens with one attached hydrogen (secondary N) is 1. The second-order valence-electron chi connectivity index (χ2n) is 5.13. The van der Waals surface area contributed by atoms with Crippen molar-refractivity contribution < 1.29 is 4.42 Å². The fourth-order valence-electron chi connectivity index (χ4n) is 2.38. The molecular weight excluding hydrogens is 250 g/mol. The molecule has 2 aromatic heterocycles. The highest BCUT2D eigenvalue weighted by Gasteiger charge is 2.11. The quantitative estimate of drug-likeness (QED) is 0.790. The fraction of sp³-hybridized carbons (Fsp3) is 0.312. The van der Waals surface area contributed by atoms with Gasteiger partial charge in [-0.2, -0.15) is 0 Å². The summed E-state index contributed by atoms with van der Waals surface area (Å²) in [6, 6.07) is 12.4. The molecule has 1 atom stereocenters. The molecule has 1 N–H and O–H groups in total. The van der Waals surface area contributed by atoms with Crippen LogP contribution in [0, 0.1) is 6.92 Å². The average molecular weight is 269 g/mol. The minimum Gasteiger partial charge on any atom is -0.465 e. The monoisotopic (exact) mass is 269 g/mol. The van der Waals surface area contributed by atoms with Crippen LogP contribution in [0.3, 0.4) is 0 Å². The first-order valence-electron chi connectivity index (χ1n) is 6.85. The lowest BCUT2D eigenvalue weighted by molar-refractivity contribution is 0.412. The molecule has 0 saturated carbocycles. The summed E-state index contributed by atoms with van der Waals surface area (Å²) in [4.78, 5) is 4.65. The van der Waals surface area contributed by atoms with Crippen LogP contribution >= 0.6 is 0 Å². The van der Waals surface area contributed by atoms with E-state index < -0.39 is 0 Å². The average Bonchev–Trinajstić information content (AvgIpc) is 3.01. The van der Waals surface area contributed by atoms with Gasteiger partial charge in [-0.3, -0.25) is 0 Å². The van der Waals surface area contributed by atoms with E-state index >= 15 is 0 Å². The van der Waals surface area contributed by atoms with Crippen LogP contribution in [0.25, 0.3) is 11.0 Å². The molecule has 0 aliphatic carbocycles. The fourth-order valence-corrected chi connectivity index (χ4v) is 2.38. The van der Waals surface area contributed by atoms with Crippen molar-refractivity contribution in [2.24, 2.45) is 7.05 Å². The first kappa shape index (κ1) is 12.9. The smallest absolute Gasteiger partial charge is 0.123 e. The second-order valence-corrected chi connectivity index (χ2v) is 5.13. The van der Waals surface area contributed by atoms with Gasteiger partial charge < -0.3 is 14.3 Å². The van der Waals surface area contributed by atoms with E-state index in [0.29, 0.717) is 6.54 Å². The Labute approximate surface area is 118 Å². The number of nitrogens with zero attached hydrogens (tertiary/aromatic N) is 2. The summed E-state index contributed by atoms with van der Waals surface area (Å²) in [5, 5.41) is 3.45. The highest BCUT2D eigenvalue weighted by atomic mass is 16.3. The zero-order valence-corrected chi connectivity index (χ0v) is 12.1. The van der Waals surface area contributed by atoms with E-state index in [9.17, 15) is 0 Å². The molecule has 20 heavy (non-hydrogen) atoms. The van der Waals surface area contributed by atoms with Gasteiger partial charge in [0.05, 0.1) is 23.6 Å². The standard InChI is InChI=1S/C16H19N3O/c1-11-8-9-15(20-11)12(2)17-10-16-18-13-6-4-5-7-14(13)19(16)3/h4-9,12,17H,10H2,1-3H3. The van der Waals surface area contributed by atoms with Crippen molar-refractivity contribution in [3.63, 3.8) is 0 Å². The van der Waals surface area contributed by atoms with Crippen LogP contribution in [0.2, 0.25) is 0 Å². The van der Waals surface area contributed by atoms with E-state index in [-0.39, 0.29) is 6.04 Å². The van der Waals surface area contributed by atoms with E-state index in [1.807, 2.05) is 44.3 Å². The van der Waals surface area contributed by atoms with Crippen molar-refractivity contribution >= 4 is 11.0 Å². The molecule has 0 amide bonds. The topological polar surface area (TPSA) is 43.0 Å². The number of aromatic nitrogens is 2. The number of benzene rings is 1. The summed E-state index contributed by atoms with van der Waals surface area (Å²) in [6.07, 6.45) is 0. The van der Waals surface area contributed by atoms with Gasteiger partial charge in [-0.05, 0) is 38.1 Å². The van der Waals surface area contributed by atoms with Gasteiger partial charge >= 0.3 is 0 Å². The van der Waals surface area contributed by atoms with Crippen LogP contribution in [0.5, 0.6) is 0 Å². The SMILES string of the molecule is Cc1ccc(C(C)NCc2nc3ccccc3n2C)o1. The van der Waals surface area contributed by atoms with E-state index in [1.54, 1.807) is 0 Å². The van der Waals surface area contributed by atoms with Crippen molar-refractivity contribution in [3.8, 4) is 0 Å². The third-order valence-electron chi connectivity index (χ3n) is 3.63. The molecule has 4 heteroatoms. The predicted molar refractivity (Wildman–Crippen MR) is 79.4 cm³/mol. The number of hydrogen-bond donors (Lipinski definition) is 1. The minimum absolute atomic E-state index is 0.170. The van der Waals surface area contributed by atoms with Crippen LogP contribution < -0.4 is 5.32 Å². The van der Waals surface area contributed by atoms with Crippen LogP contribution in [0.1, 0.15) is 30.3 Å².